The fourth-order valence-electron chi connectivity index (χ4n) is 2.89. The second-order valence-corrected chi connectivity index (χ2v) is 10.5. The van der Waals surface area contributed by atoms with Gasteiger partial charge in [-0.15, -0.1) is 0 Å². The summed E-state index contributed by atoms with van der Waals surface area (Å²) in [5.41, 5.74) is -7.25. The van der Waals surface area contributed by atoms with E-state index in [-0.39, 0.29) is 31.3 Å². The Morgan fingerprint density at radius 3 is 1.68 bits per heavy atom. The standard InChI is InChI=1S/C23H25F6O3P.Li.H/c1-20(2,3)31-13-10-11-17(16(12-13)32-21(4,5)6)33-19(30)18-14(22(24,25)26)8-7-9-15(18)23(27,28)29;;/h7-12,33H,1-6H3;;/q;+1;-1. The molecule has 1 unspecified atom stereocenters. The van der Waals surface area contributed by atoms with E-state index in [0.717, 1.165) is 0 Å². The molecular weight excluding hydrogens is 476 g/mol. The number of hydrogen-bond acceptors (Lipinski definition) is 3. The van der Waals surface area contributed by atoms with Gasteiger partial charge in [0.15, 0.2) is 5.52 Å². The van der Waals surface area contributed by atoms with Gasteiger partial charge in [-0.1, -0.05) is 6.07 Å². The summed E-state index contributed by atoms with van der Waals surface area (Å²) in [6, 6.07) is 5.98. The van der Waals surface area contributed by atoms with Crippen LogP contribution in [-0.4, -0.2) is 16.7 Å². The fraction of sp³-hybridized carbons (Fsp3) is 0.435. The Kier molecular flexibility index (Phi) is 9.39. The first-order chi connectivity index (χ1) is 14.8. The molecule has 0 N–H and O–H groups in total. The third-order valence-corrected chi connectivity index (χ3v) is 5.10. The van der Waals surface area contributed by atoms with Crippen molar-refractivity contribution in [3.8, 4) is 11.5 Å². The first-order valence-electron chi connectivity index (χ1n) is 9.89. The topological polar surface area (TPSA) is 35.5 Å². The van der Waals surface area contributed by atoms with Crippen LogP contribution in [-0.2, 0) is 12.4 Å². The van der Waals surface area contributed by atoms with Crippen LogP contribution < -0.4 is 33.6 Å². The Balaban J connectivity index is 0.00000578. The first-order valence-corrected chi connectivity index (χ1v) is 10.9. The summed E-state index contributed by atoms with van der Waals surface area (Å²) in [5.74, 6) is 0.531. The number of halogens is 6. The van der Waals surface area contributed by atoms with Crippen molar-refractivity contribution in [1.82, 2.24) is 0 Å². The maximum absolute atomic E-state index is 13.5. The number of rotatable bonds is 5. The van der Waals surface area contributed by atoms with Crippen LogP contribution in [0, 0.1) is 0 Å². The van der Waals surface area contributed by atoms with Gasteiger partial charge in [-0.2, -0.15) is 26.3 Å². The molecule has 2 rings (SSSR count). The predicted octanol–water partition coefficient (Wildman–Crippen LogP) is 4.34. The van der Waals surface area contributed by atoms with Gasteiger partial charge < -0.3 is 10.9 Å². The Labute approximate surface area is 210 Å². The molecule has 0 aliphatic carbocycles. The van der Waals surface area contributed by atoms with E-state index in [1.165, 1.54) is 18.2 Å². The molecule has 2 aromatic rings. The van der Waals surface area contributed by atoms with E-state index in [9.17, 15) is 31.1 Å². The van der Waals surface area contributed by atoms with E-state index in [1.807, 2.05) is 20.8 Å². The van der Waals surface area contributed by atoms with E-state index in [0.29, 0.717) is 23.9 Å². The van der Waals surface area contributed by atoms with Crippen molar-refractivity contribution in [2.24, 2.45) is 0 Å². The summed E-state index contributed by atoms with van der Waals surface area (Å²) in [6.45, 7) is 10.6. The molecule has 0 amide bonds. The summed E-state index contributed by atoms with van der Waals surface area (Å²) in [5, 5.41) is 0.168. The quantitative estimate of drug-likeness (QED) is 0.347. The van der Waals surface area contributed by atoms with Gasteiger partial charge in [-0.05, 0) is 74.4 Å². The third-order valence-electron chi connectivity index (χ3n) is 3.94. The zero-order valence-corrected chi connectivity index (χ0v) is 21.0. The maximum Gasteiger partial charge on any atom is 1.00 e. The van der Waals surface area contributed by atoms with Crippen LogP contribution in [0.15, 0.2) is 36.4 Å². The van der Waals surface area contributed by atoms with Crippen LogP contribution in [0.1, 0.15) is 64.5 Å². The Morgan fingerprint density at radius 1 is 0.794 bits per heavy atom. The minimum absolute atomic E-state index is 0. The van der Waals surface area contributed by atoms with Crippen molar-refractivity contribution in [1.29, 1.82) is 0 Å². The van der Waals surface area contributed by atoms with Crippen molar-refractivity contribution in [3.63, 3.8) is 0 Å². The monoisotopic (exact) mass is 502 g/mol. The predicted molar refractivity (Wildman–Crippen MR) is 117 cm³/mol. The zero-order chi connectivity index (χ0) is 25.4. The number of carbonyl (C=O) groups excluding carboxylic acids is 1. The van der Waals surface area contributed by atoms with Crippen LogP contribution in [0.2, 0.25) is 0 Å². The summed E-state index contributed by atoms with van der Waals surface area (Å²) in [4.78, 5) is 12.9. The average Bonchev–Trinajstić information content (AvgIpc) is 2.59. The fourth-order valence-corrected chi connectivity index (χ4v) is 3.94. The Bertz CT molecular complexity index is 996. The van der Waals surface area contributed by atoms with E-state index in [2.05, 4.69) is 0 Å². The van der Waals surface area contributed by atoms with Gasteiger partial charge in [0, 0.05) is 16.9 Å². The van der Waals surface area contributed by atoms with Crippen LogP contribution >= 0.6 is 8.58 Å². The summed E-state index contributed by atoms with van der Waals surface area (Å²) in [6.07, 6.45) is -10.3. The maximum atomic E-state index is 13.5. The SMILES string of the molecule is CC(C)(C)Oc1ccc(PC(=O)c2c(C(F)(F)F)cccc2C(F)(F)F)c(OC(C)(C)C)c1.[H-].[Li+]. The van der Waals surface area contributed by atoms with E-state index >= 15 is 0 Å². The first kappa shape index (κ1) is 30.3. The molecule has 0 aliphatic rings. The number of ether oxygens (including phenoxy) is 2. The number of alkyl halides is 6. The molecule has 0 bridgehead atoms. The molecule has 1 atom stereocenters. The second-order valence-electron chi connectivity index (χ2n) is 9.26. The van der Waals surface area contributed by atoms with Gasteiger partial charge in [-0.3, -0.25) is 4.79 Å². The molecule has 0 spiro atoms. The second kappa shape index (κ2) is 10.5. The van der Waals surface area contributed by atoms with Crippen molar-refractivity contribution < 1.29 is 60.9 Å². The minimum atomic E-state index is -5.13. The van der Waals surface area contributed by atoms with Gasteiger partial charge in [0.2, 0.25) is 0 Å². The number of carbonyl (C=O) groups is 1. The van der Waals surface area contributed by atoms with Crippen LogP contribution in [0.25, 0.3) is 0 Å². The molecule has 0 radical (unpaired) electrons. The molecule has 34 heavy (non-hydrogen) atoms. The van der Waals surface area contributed by atoms with Gasteiger partial charge in [0.05, 0.1) is 11.1 Å². The smallest absolute Gasteiger partial charge is 1.00 e. The molecule has 0 heterocycles. The third kappa shape index (κ3) is 8.52. The largest absolute Gasteiger partial charge is 1.00 e. The molecule has 0 aliphatic heterocycles. The van der Waals surface area contributed by atoms with Crippen LogP contribution in [0.3, 0.4) is 0 Å². The van der Waals surface area contributed by atoms with Crippen LogP contribution in [0.4, 0.5) is 26.3 Å². The summed E-state index contributed by atoms with van der Waals surface area (Å²) >= 11 is 0. The van der Waals surface area contributed by atoms with Gasteiger partial charge in [0.1, 0.15) is 22.7 Å². The minimum Gasteiger partial charge on any atom is -1.00 e. The molecule has 0 fully saturated rings. The Hall–Kier alpha value is -1.68. The van der Waals surface area contributed by atoms with Gasteiger partial charge in [-0.25, -0.2) is 0 Å². The average molecular weight is 502 g/mol. The number of benzene rings is 2. The molecule has 0 aromatic heterocycles. The molecule has 184 valence electrons. The molecule has 2 aromatic carbocycles. The van der Waals surface area contributed by atoms with Crippen molar-refractivity contribution in [3.05, 3.63) is 53.1 Å². The van der Waals surface area contributed by atoms with Crippen molar-refractivity contribution in [2.75, 3.05) is 0 Å². The molecule has 0 saturated carbocycles. The Morgan fingerprint density at radius 2 is 1.26 bits per heavy atom. The normalized spacial score (nSPS) is 13.1. The molecule has 0 saturated heterocycles. The van der Waals surface area contributed by atoms with Crippen molar-refractivity contribution >= 4 is 19.4 Å². The van der Waals surface area contributed by atoms with E-state index in [4.69, 9.17) is 9.47 Å². The molecule has 11 heteroatoms. The van der Waals surface area contributed by atoms with Gasteiger partial charge >= 0.3 is 31.2 Å². The zero-order valence-electron chi connectivity index (χ0n) is 21.0. The van der Waals surface area contributed by atoms with Crippen LogP contribution in [0.5, 0.6) is 11.5 Å². The molecular formula is C23H26F6LiO3P. The summed E-state index contributed by atoms with van der Waals surface area (Å²) in [7, 11) is -1.04. The van der Waals surface area contributed by atoms with E-state index < -0.39 is 54.4 Å². The molecule has 3 nitrogen and oxygen atoms in total. The van der Waals surface area contributed by atoms with Gasteiger partial charge in [0.25, 0.3) is 0 Å². The summed E-state index contributed by atoms with van der Waals surface area (Å²) < 4.78 is 92.4. The van der Waals surface area contributed by atoms with Crippen molar-refractivity contribution in [2.45, 2.75) is 65.1 Å². The number of hydrogen-bond donors (Lipinski definition) is 0. The van der Waals surface area contributed by atoms with E-state index in [1.54, 1.807) is 20.8 Å².